The van der Waals surface area contributed by atoms with Gasteiger partial charge >= 0.3 is 0 Å². The standard InChI is InChI=1S/C18H22N4O6S/c1-11-6-7-15(9-16(11)22(24)25)19-18(23)14-5-4-8-21(10-14)29(26,27)17-12(2)20-28-13(17)3/h6-7,9,14H,4-5,8,10H2,1-3H3,(H,19,23). The molecule has 1 aromatic carbocycles. The van der Waals surface area contributed by atoms with Gasteiger partial charge in [0.05, 0.1) is 10.8 Å². The van der Waals surface area contributed by atoms with Crippen molar-refractivity contribution in [2.24, 2.45) is 5.92 Å². The number of carbonyl (C=O) groups is 1. The number of amides is 1. The number of hydrogen-bond donors (Lipinski definition) is 1. The number of nitrogens with zero attached hydrogens (tertiary/aromatic N) is 3. The Bertz CT molecular complexity index is 1040. The zero-order chi connectivity index (χ0) is 21.3. The summed E-state index contributed by atoms with van der Waals surface area (Å²) in [6, 6.07) is 4.44. The van der Waals surface area contributed by atoms with Gasteiger partial charge < -0.3 is 9.84 Å². The van der Waals surface area contributed by atoms with E-state index in [9.17, 15) is 23.3 Å². The topological polar surface area (TPSA) is 136 Å². The lowest BCUT2D eigenvalue weighted by molar-refractivity contribution is -0.385. The van der Waals surface area contributed by atoms with Gasteiger partial charge in [0.1, 0.15) is 10.6 Å². The van der Waals surface area contributed by atoms with Gasteiger partial charge in [0.25, 0.3) is 5.69 Å². The molecule has 0 saturated carbocycles. The summed E-state index contributed by atoms with van der Waals surface area (Å²) < 4.78 is 32.2. The molecule has 1 aliphatic heterocycles. The van der Waals surface area contributed by atoms with Crippen molar-refractivity contribution in [1.82, 2.24) is 9.46 Å². The monoisotopic (exact) mass is 422 g/mol. The van der Waals surface area contributed by atoms with E-state index in [0.29, 0.717) is 30.6 Å². The van der Waals surface area contributed by atoms with Crippen LogP contribution in [0.4, 0.5) is 11.4 Å². The number of nitrogens with one attached hydrogen (secondary N) is 1. The summed E-state index contributed by atoms with van der Waals surface area (Å²) in [5.41, 5.74) is 0.982. The summed E-state index contributed by atoms with van der Waals surface area (Å²) in [6.07, 6.45) is 1.04. The number of rotatable bonds is 5. The average Bonchev–Trinajstić information content (AvgIpc) is 3.02. The molecule has 11 heteroatoms. The molecule has 1 atom stereocenters. The largest absolute Gasteiger partial charge is 0.360 e. The third-order valence-electron chi connectivity index (χ3n) is 4.99. The van der Waals surface area contributed by atoms with Crippen molar-refractivity contribution in [2.75, 3.05) is 18.4 Å². The quantitative estimate of drug-likeness (QED) is 0.577. The molecule has 0 spiro atoms. The van der Waals surface area contributed by atoms with Gasteiger partial charge in [-0.15, -0.1) is 0 Å². The predicted octanol–water partition coefficient (Wildman–Crippen LogP) is 2.55. The number of carbonyl (C=O) groups excluding carboxylic acids is 1. The SMILES string of the molecule is Cc1ccc(NC(=O)C2CCCN(S(=O)(=O)c3c(C)noc3C)C2)cc1[N+](=O)[O-]. The fourth-order valence-corrected chi connectivity index (χ4v) is 5.29. The van der Waals surface area contributed by atoms with Crippen LogP contribution in [0.3, 0.4) is 0 Å². The molecule has 1 amide bonds. The minimum absolute atomic E-state index is 0.0200. The summed E-state index contributed by atoms with van der Waals surface area (Å²) in [4.78, 5) is 23.3. The highest BCUT2D eigenvalue weighted by atomic mass is 32.2. The molecule has 1 unspecified atom stereocenters. The first-order valence-electron chi connectivity index (χ1n) is 9.10. The van der Waals surface area contributed by atoms with Gasteiger partial charge in [-0.05, 0) is 39.7 Å². The highest BCUT2D eigenvalue weighted by Crippen LogP contribution is 2.29. The second-order valence-electron chi connectivity index (χ2n) is 7.10. The van der Waals surface area contributed by atoms with Crippen LogP contribution in [0, 0.1) is 36.8 Å². The van der Waals surface area contributed by atoms with Crippen LogP contribution < -0.4 is 5.32 Å². The highest BCUT2D eigenvalue weighted by Gasteiger charge is 2.36. The van der Waals surface area contributed by atoms with Crippen LogP contribution in [0.15, 0.2) is 27.6 Å². The Balaban J connectivity index is 1.76. The predicted molar refractivity (Wildman–Crippen MR) is 104 cm³/mol. The van der Waals surface area contributed by atoms with E-state index in [-0.39, 0.29) is 34.5 Å². The lowest BCUT2D eigenvalue weighted by Gasteiger charge is -2.31. The first-order valence-corrected chi connectivity index (χ1v) is 10.5. The maximum atomic E-state index is 13.0. The molecule has 3 rings (SSSR count). The van der Waals surface area contributed by atoms with Crippen molar-refractivity contribution in [3.8, 4) is 0 Å². The van der Waals surface area contributed by atoms with Gasteiger partial charge in [-0.2, -0.15) is 4.31 Å². The van der Waals surface area contributed by atoms with Crippen LogP contribution in [-0.2, 0) is 14.8 Å². The number of aryl methyl sites for hydroxylation is 3. The van der Waals surface area contributed by atoms with Crippen LogP contribution in [0.2, 0.25) is 0 Å². The summed E-state index contributed by atoms with van der Waals surface area (Å²) in [5.74, 6) is -0.734. The molecule has 0 radical (unpaired) electrons. The highest BCUT2D eigenvalue weighted by molar-refractivity contribution is 7.89. The minimum Gasteiger partial charge on any atom is -0.360 e. The minimum atomic E-state index is -3.84. The van der Waals surface area contributed by atoms with Crippen LogP contribution in [0.5, 0.6) is 0 Å². The molecule has 29 heavy (non-hydrogen) atoms. The van der Waals surface area contributed by atoms with Crippen molar-refractivity contribution in [3.05, 3.63) is 45.3 Å². The molecular weight excluding hydrogens is 400 g/mol. The van der Waals surface area contributed by atoms with Crippen molar-refractivity contribution in [1.29, 1.82) is 0 Å². The lowest BCUT2D eigenvalue weighted by atomic mass is 9.98. The Morgan fingerprint density at radius 1 is 1.34 bits per heavy atom. The molecule has 1 N–H and O–H groups in total. The zero-order valence-corrected chi connectivity index (χ0v) is 17.2. The number of piperidine rings is 1. The Hall–Kier alpha value is -2.79. The smallest absolute Gasteiger partial charge is 0.274 e. The number of sulfonamides is 1. The Morgan fingerprint density at radius 3 is 2.69 bits per heavy atom. The first kappa shape index (κ1) is 20.9. The molecule has 156 valence electrons. The van der Waals surface area contributed by atoms with E-state index in [1.165, 1.54) is 17.3 Å². The second kappa shape index (κ2) is 7.91. The molecule has 1 aliphatic rings. The maximum absolute atomic E-state index is 13.0. The molecule has 1 saturated heterocycles. The molecule has 2 heterocycles. The third-order valence-corrected chi connectivity index (χ3v) is 7.10. The number of nitro groups is 1. The van der Waals surface area contributed by atoms with Gasteiger partial charge in [0, 0.05) is 30.4 Å². The van der Waals surface area contributed by atoms with Crippen LogP contribution in [0.25, 0.3) is 0 Å². The van der Waals surface area contributed by atoms with E-state index in [4.69, 9.17) is 4.52 Å². The Morgan fingerprint density at radius 2 is 2.07 bits per heavy atom. The maximum Gasteiger partial charge on any atom is 0.274 e. The molecule has 1 aromatic heterocycles. The fourth-order valence-electron chi connectivity index (χ4n) is 3.47. The Labute approximate surface area is 168 Å². The summed E-state index contributed by atoms with van der Waals surface area (Å²) in [6.45, 7) is 5.02. The normalized spacial score (nSPS) is 17.8. The number of hydrogen-bond acceptors (Lipinski definition) is 7. The zero-order valence-electron chi connectivity index (χ0n) is 16.3. The van der Waals surface area contributed by atoms with Gasteiger partial charge in [0.15, 0.2) is 5.76 Å². The summed E-state index contributed by atoms with van der Waals surface area (Å²) in [7, 11) is -3.84. The lowest BCUT2D eigenvalue weighted by Crippen LogP contribution is -2.43. The molecule has 10 nitrogen and oxygen atoms in total. The molecule has 0 aliphatic carbocycles. The van der Waals surface area contributed by atoms with Crippen molar-refractivity contribution in [2.45, 2.75) is 38.5 Å². The first-order chi connectivity index (χ1) is 13.6. The number of benzene rings is 1. The number of anilines is 1. The molecule has 2 aromatic rings. The average molecular weight is 422 g/mol. The van der Waals surface area contributed by atoms with E-state index < -0.39 is 20.9 Å². The van der Waals surface area contributed by atoms with E-state index in [1.807, 2.05) is 0 Å². The van der Waals surface area contributed by atoms with Crippen molar-refractivity contribution >= 4 is 27.3 Å². The molecule has 0 bridgehead atoms. The van der Waals surface area contributed by atoms with Crippen molar-refractivity contribution in [3.63, 3.8) is 0 Å². The van der Waals surface area contributed by atoms with E-state index >= 15 is 0 Å². The van der Waals surface area contributed by atoms with Gasteiger partial charge in [-0.25, -0.2) is 8.42 Å². The van der Waals surface area contributed by atoms with E-state index in [2.05, 4.69) is 10.5 Å². The van der Waals surface area contributed by atoms with Crippen LogP contribution in [0.1, 0.15) is 29.9 Å². The van der Waals surface area contributed by atoms with Crippen LogP contribution >= 0.6 is 0 Å². The van der Waals surface area contributed by atoms with E-state index in [1.54, 1.807) is 26.0 Å². The number of aromatic nitrogens is 1. The summed E-state index contributed by atoms with van der Waals surface area (Å²) in [5, 5.41) is 17.5. The second-order valence-corrected chi connectivity index (χ2v) is 8.98. The number of nitro benzene ring substituents is 1. The third kappa shape index (κ3) is 4.15. The van der Waals surface area contributed by atoms with E-state index in [0.717, 1.165) is 0 Å². The van der Waals surface area contributed by atoms with Crippen LogP contribution in [-0.4, -0.2) is 41.8 Å². The Kier molecular flexibility index (Phi) is 5.71. The molecular formula is C18H22N4O6S. The van der Waals surface area contributed by atoms with Crippen molar-refractivity contribution < 1.29 is 22.7 Å². The summed E-state index contributed by atoms with van der Waals surface area (Å²) >= 11 is 0. The van der Waals surface area contributed by atoms with Gasteiger partial charge in [-0.1, -0.05) is 11.2 Å². The fraction of sp³-hybridized carbons (Fsp3) is 0.444. The molecule has 1 fully saturated rings. The van der Waals surface area contributed by atoms with Gasteiger partial charge in [-0.3, -0.25) is 14.9 Å². The van der Waals surface area contributed by atoms with Gasteiger partial charge in [0.2, 0.25) is 15.9 Å².